The van der Waals surface area contributed by atoms with E-state index >= 15 is 0 Å². The molecule has 0 aromatic heterocycles. The second-order valence-corrected chi connectivity index (χ2v) is 2.58. The Labute approximate surface area is 127 Å². The zero-order valence-corrected chi connectivity index (χ0v) is 11.6. The van der Waals surface area contributed by atoms with Gasteiger partial charge < -0.3 is 11.3 Å². The summed E-state index contributed by atoms with van der Waals surface area (Å²) in [5.74, 6) is -0.327. The summed E-state index contributed by atoms with van der Waals surface area (Å²) >= 11 is 0. The quantitative estimate of drug-likeness (QED) is 0.497. The number of benzene rings is 1. The number of carbonyl (C=O) groups excluding carboxylic acids is 1. The van der Waals surface area contributed by atoms with Crippen LogP contribution in [-0.4, -0.2) is 17.7 Å². The fraction of sp³-hybridized carbons (Fsp3) is 0.300. The first-order chi connectivity index (χ1) is 6.27. The number of esters is 1. The second-order valence-electron chi connectivity index (χ2n) is 2.58. The molecule has 0 radical (unpaired) electrons. The Balaban J connectivity index is 0. The van der Waals surface area contributed by atoms with Crippen molar-refractivity contribution >= 4 is 5.97 Å². The van der Waals surface area contributed by atoms with Crippen LogP contribution in [0.15, 0.2) is 24.3 Å². The summed E-state index contributed by atoms with van der Waals surface area (Å²) in [6.07, 6.45) is 0. The molecule has 0 amide bonds. The Morgan fingerprint density at radius 3 is 2.43 bits per heavy atom. The van der Waals surface area contributed by atoms with Gasteiger partial charge in [-0.2, -0.15) is 0 Å². The van der Waals surface area contributed by atoms with Gasteiger partial charge in [0.2, 0.25) is 0 Å². The monoisotopic (exact) mass is 220 g/mol. The van der Waals surface area contributed by atoms with Crippen LogP contribution in [0.25, 0.3) is 0 Å². The molecule has 0 aliphatic heterocycles. The van der Waals surface area contributed by atoms with Crippen molar-refractivity contribution in [2.45, 2.75) is 13.5 Å². The van der Waals surface area contributed by atoms with Crippen LogP contribution in [-0.2, 0) is 11.3 Å². The Morgan fingerprint density at radius 2 is 2.00 bits per heavy atom. The average Bonchev–Trinajstić information content (AvgIpc) is 2.18. The number of rotatable bonds is 3. The van der Waals surface area contributed by atoms with Gasteiger partial charge in [-0.25, -0.2) is 4.79 Å². The first kappa shape index (κ1) is 14.3. The van der Waals surface area contributed by atoms with Crippen LogP contribution in [0.5, 0.6) is 0 Å². The number of carbonyl (C=O) groups is 1. The molecule has 0 unspecified atom stereocenters. The molecule has 1 aromatic carbocycles. The van der Waals surface area contributed by atoms with E-state index in [9.17, 15) is 4.79 Å². The van der Waals surface area contributed by atoms with Crippen molar-refractivity contribution in [1.82, 2.24) is 0 Å². The predicted octanol–water partition coefficient (Wildman–Crippen LogP) is -1.53. The average molecular weight is 220 g/mol. The molecule has 72 valence electrons. The molecule has 1 aromatic rings. The Kier molecular flexibility index (Phi) is 7.72. The van der Waals surface area contributed by atoms with E-state index in [1.54, 1.807) is 31.2 Å². The molecular formula is C10H13KO3. The number of aliphatic hydroxyl groups is 1. The fourth-order valence-electron chi connectivity index (χ4n) is 0.961. The minimum Gasteiger partial charge on any atom is -1.00 e. The molecule has 1 N–H and O–H groups in total. The molecule has 14 heavy (non-hydrogen) atoms. The van der Waals surface area contributed by atoms with Gasteiger partial charge in [0.25, 0.3) is 0 Å². The third-order valence-corrected chi connectivity index (χ3v) is 1.65. The summed E-state index contributed by atoms with van der Waals surface area (Å²) < 4.78 is 4.80. The number of hydrogen-bond acceptors (Lipinski definition) is 3. The normalized spacial score (nSPS) is 9.00. The molecule has 0 saturated carbocycles. The third kappa shape index (κ3) is 4.21. The van der Waals surface area contributed by atoms with Crippen molar-refractivity contribution in [3.05, 3.63) is 35.4 Å². The summed E-state index contributed by atoms with van der Waals surface area (Å²) in [4.78, 5) is 11.2. The van der Waals surface area contributed by atoms with E-state index in [0.29, 0.717) is 12.2 Å². The number of aliphatic hydroxyl groups excluding tert-OH is 1. The molecule has 0 heterocycles. The van der Waals surface area contributed by atoms with Crippen LogP contribution in [0, 0.1) is 0 Å². The molecule has 0 saturated heterocycles. The maximum absolute atomic E-state index is 11.2. The molecule has 0 fully saturated rings. The smallest absolute Gasteiger partial charge is 1.00 e. The molecule has 0 aliphatic carbocycles. The maximum Gasteiger partial charge on any atom is 1.00 e. The van der Waals surface area contributed by atoms with E-state index in [4.69, 9.17) is 9.84 Å². The van der Waals surface area contributed by atoms with Crippen LogP contribution in [0.1, 0.15) is 24.3 Å². The van der Waals surface area contributed by atoms with Gasteiger partial charge in [-0.3, -0.25) is 0 Å². The molecule has 3 nitrogen and oxygen atoms in total. The second kappa shape index (κ2) is 7.56. The molecular weight excluding hydrogens is 207 g/mol. The molecule has 0 spiro atoms. The van der Waals surface area contributed by atoms with Gasteiger partial charge in [0.15, 0.2) is 0 Å². The van der Waals surface area contributed by atoms with Gasteiger partial charge in [0, 0.05) is 0 Å². The van der Waals surface area contributed by atoms with Crippen molar-refractivity contribution in [1.29, 1.82) is 0 Å². The summed E-state index contributed by atoms with van der Waals surface area (Å²) in [5.41, 5.74) is 1.30. The topological polar surface area (TPSA) is 46.5 Å². The third-order valence-electron chi connectivity index (χ3n) is 1.65. The van der Waals surface area contributed by atoms with Gasteiger partial charge in [-0.1, -0.05) is 12.1 Å². The van der Waals surface area contributed by atoms with Gasteiger partial charge in [-0.05, 0) is 24.6 Å². The van der Waals surface area contributed by atoms with E-state index in [0.717, 1.165) is 5.56 Å². The van der Waals surface area contributed by atoms with E-state index in [2.05, 4.69) is 0 Å². The van der Waals surface area contributed by atoms with Gasteiger partial charge in [0.1, 0.15) is 0 Å². The zero-order chi connectivity index (χ0) is 9.68. The Morgan fingerprint density at radius 1 is 1.43 bits per heavy atom. The van der Waals surface area contributed by atoms with Crippen molar-refractivity contribution in [3.63, 3.8) is 0 Å². The van der Waals surface area contributed by atoms with Gasteiger partial charge >= 0.3 is 57.4 Å². The molecule has 4 heteroatoms. The fourth-order valence-corrected chi connectivity index (χ4v) is 0.961. The SMILES string of the molecule is CCOC(=O)c1ccc(CO)cc1.[H-].[K+]. The minimum atomic E-state index is -0.327. The first-order valence-electron chi connectivity index (χ1n) is 4.15. The summed E-state index contributed by atoms with van der Waals surface area (Å²) in [6, 6.07) is 6.69. The first-order valence-corrected chi connectivity index (χ1v) is 4.15. The van der Waals surface area contributed by atoms with Crippen molar-refractivity contribution < 1.29 is 67.4 Å². The van der Waals surface area contributed by atoms with Crippen LogP contribution in [0.4, 0.5) is 0 Å². The van der Waals surface area contributed by atoms with E-state index in [-0.39, 0.29) is 65.4 Å². The Hall–Kier alpha value is 0.286. The number of hydrogen-bond donors (Lipinski definition) is 1. The van der Waals surface area contributed by atoms with E-state index in [1.165, 1.54) is 0 Å². The Bertz CT molecular complexity index is 287. The van der Waals surface area contributed by atoms with E-state index < -0.39 is 0 Å². The minimum absolute atomic E-state index is 0. The van der Waals surface area contributed by atoms with Crippen molar-refractivity contribution in [3.8, 4) is 0 Å². The van der Waals surface area contributed by atoms with Crippen LogP contribution in [0.2, 0.25) is 0 Å². The zero-order valence-electron chi connectivity index (χ0n) is 9.49. The van der Waals surface area contributed by atoms with Gasteiger partial charge in [-0.15, -0.1) is 0 Å². The number of ether oxygens (including phenoxy) is 1. The van der Waals surface area contributed by atoms with Crippen molar-refractivity contribution in [2.24, 2.45) is 0 Å². The van der Waals surface area contributed by atoms with Crippen LogP contribution >= 0.6 is 0 Å². The molecule has 0 atom stereocenters. The van der Waals surface area contributed by atoms with Gasteiger partial charge in [0.05, 0.1) is 18.8 Å². The molecule has 1 rings (SSSR count). The summed E-state index contributed by atoms with van der Waals surface area (Å²) in [5, 5.41) is 8.75. The molecule has 0 aliphatic rings. The van der Waals surface area contributed by atoms with E-state index in [1.807, 2.05) is 0 Å². The summed E-state index contributed by atoms with van der Waals surface area (Å²) in [6.45, 7) is 2.13. The van der Waals surface area contributed by atoms with Crippen molar-refractivity contribution in [2.75, 3.05) is 6.61 Å². The largest absolute Gasteiger partial charge is 1.00 e. The molecule has 0 bridgehead atoms. The van der Waals surface area contributed by atoms with Crippen LogP contribution < -0.4 is 51.4 Å². The maximum atomic E-state index is 11.2. The van der Waals surface area contributed by atoms with Crippen LogP contribution in [0.3, 0.4) is 0 Å². The standard InChI is InChI=1S/C10H12O3.K.H/c1-2-13-10(12)9-5-3-8(7-11)4-6-9;;/h3-6,11H,2,7H2,1H3;;/q;+1;-1. The summed E-state index contributed by atoms with van der Waals surface area (Å²) in [7, 11) is 0. The predicted molar refractivity (Wildman–Crippen MR) is 49.4 cm³/mol.